The van der Waals surface area contributed by atoms with Crippen molar-refractivity contribution in [3.63, 3.8) is 0 Å². The fourth-order valence-corrected chi connectivity index (χ4v) is 2.63. The van der Waals surface area contributed by atoms with E-state index in [0.717, 1.165) is 12.3 Å². The predicted molar refractivity (Wildman–Crippen MR) is 60.6 cm³/mol. The van der Waals surface area contributed by atoms with Crippen molar-refractivity contribution in [3.05, 3.63) is 18.0 Å². The fraction of sp³-hybridized carbons (Fsp3) is 0.700. The SMILES string of the molecule is Cn1nccc1CCSCC1CNC1. The van der Waals surface area contributed by atoms with Crippen LogP contribution < -0.4 is 5.32 Å². The Morgan fingerprint density at radius 3 is 3.07 bits per heavy atom. The quantitative estimate of drug-likeness (QED) is 0.734. The highest BCUT2D eigenvalue weighted by Crippen LogP contribution is 2.13. The molecule has 0 aliphatic carbocycles. The van der Waals surface area contributed by atoms with Crippen molar-refractivity contribution in [1.29, 1.82) is 0 Å². The van der Waals surface area contributed by atoms with Crippen molar-refractivity contribution in [2.75, 3.05) is 24.6 Å². The summed E-state index contributed by atoms with van der Waals surface area (Å²) in [7, 11) is 2.01. The van der Waals surface area contributed by atoms with Crippen molar-refractivity contribution >= 4 is 11.8 Å². The summed E-state index contributed by atoms with van der Waals surface area (Å²) in [5.74, 6) is 3.45. The van der Waals surface area contributed by atoms with Crippen LogP contribution in [0.5, 0.6) is 0 Å². The number of aryl methyl sites for hydroxylation is 2. The first kappa shape index (κ1) is 10.1. The van der Waals surface area contributed by atoms with Crippen LogP contribution in [0.3, 0.4) is 0 Å². The smallest absolute Gasteiger partial charge is 0.0492 e. The van der Waals surface area contributed by atoms with E-state index in [1.54, 1.807) is 0 Å². The standard InChI is InChI=1S/C10H17N3S/c1-13-10(2-4-12-13)3-5-14-8-9-6-11-7-9/h2,4,9,11H,3,5-8H2,1H3. The van der Waals surface area contributed by atoms with Crippen LogP contribution in [0.2, 0.25) is 0 Å². The highest BCUT2D eigenvalue weighted by Gasteiger charge is 2.15. The van der Waals surface area contributed by atoms with E-state index in [4.69, 9.17) is 0 Å². The minimum Gasteiger partial charge on any atom is -0.316 e. The van der Waals surface area contributed by atoms with Crippen molar-refractivity contribution in [2.45, 2.75) is 6.42 Å². The van der Waals surface area contributed by atoms with Crippen molar-refractivity contribution < 1.29 is 0 Å². The third-order valence-corrected chi connectivity index (χ3v) is 3.84. The molecule has 1 saturated heterocycles. The molecule has 0 spiro atoms. The van der Waals surface area contributed by atoms with Crippen LogP contribution in [0.4, 0.5) is 0 Å². The summed E-state index contributed by atoms with van der Waals surface area (Å²) < 4.78 is 1.96. The number of hydrogen-bond donors (Lipinski definition) is 1. The largest absolute Gasteiger partial charge is 0.316 e. The molecule has 0 bridgehead atoms. The van der Waals surface area contributed by atoms with Gasteiger partial charge in [0.1, 0.15) is 0 Å². The minimum absolute atomic E-state index is 0.923. The lowest BCUT2D eigenvalue weighted by molar-refractivity contribution is 0.385. The Hall–Kier alpha value is -0.480. The summed E-state index contributed by atoms with van der Waals surface area (Å²) in [6.45, 7) is 2.44. The molecule has 0 aromatic carbocycles. The van der Waals surface area contributed by atoms with E-state index >= 15 is 0 Å². The Balaban J connectivity index is 1.60. The van der Waals surface area contributed by atoms with Gasteiger partial charge in [0.15, 0.2) is 0 Å². The maximum absolute atomic E-state index is 4.16. The molecule has 1 aliphatic rings. The van der Waals surface area contributed by atoms with Crippen LogP contribution in [0.1, 0.15) is 5.69 Å². The molecule has 1 aliphatic heterocycles. The van der Waals surface area contributed by atoms with Crippen molar-refractivity contribution in [1.82, 2.24) is 15.1 Å². The van der Waals surface area contributed by atoms with Crippen LogP contribution in [0, 0.1) is 5.92 Å². The molecular formula is C10H17N3S. The summed E-state index contributed by atoms with van der Waals surface area (Å²) in [5.41, 5.74) is 1.34. The summed E-state index contributed by atoms with van der Waals surface area (Å²) in [6, 6.07) is 2.10. The van der Waals surface area contributed by atoms with Gasteiger partial charge in [-0.05, 0) is 43.0 Å². The van der Waals surface area contributed by atoms with E-state index in [9.17, 15) is 0 Å². The summed E-state index contributed by atoms with van der Waals surface area (Å²) in [4.78, 5) is 0. The minimum atomic E-state index is 0.923. The average Bonchev–Trinajstić information content (AvgIpc) is 2.48. The van der Waals surface area contributed by atoms with Crippen LogP contribution in [-0.2, 0) is 13.5 Å². The van der Waals surface area contributed by atoms with Crippen LogP contribution in [0.15, 0.2) is 12.3 Å². The first-order chi connectivity index (χ1) is 6.86. The van der Waals surface area contributed by atoms with Gasteiger partial charge in [0.05, 0.1) is 0 Å². The van der Waals surface area contributed by atoms with Gasteiger partial charge in [-0.2, -0.15) is 16.9 Å². The van der Waals surface area contributed by atoms with Crippen LogP contribution in [0.25, 0.3) is 0 Å². The Labute approximate surface area is 89.3 Å². The first-order valence-corrected chi connectivity index (χ1v) is 6.27. The van der Waals surface area contributed by atoms with E-state index in [-0.39, 0.29) is 0 Å². The molecule has 4 heteroatoms. The van der Waals surface area contributed by atoms with Gasteiger partial charge in [0.2, 0.25) is 0 Å². The second-order valence-corrected chi connectivity index (χ2v) is 4.95. The molecule has 1 aromatic heterocycles. The van der Waals surface area contributed by atoms with Crippen molar-refractivity contribution in [3.8, 4) is 0 Å². The molecule has 0 atom stereocenters. The molecular weight excluding hydrogens is 194 g/mol. The Bertz CT molecular complexity index is 281. The lowest BCUT2D eigenvalue weighted by Crippen LogP contribution is -2.43. The number of hydrogen-bond acceptors (Lipinski definition) is 3. The average molecular weight is 211 g/mol. The van der Waals surface area contributed by atoms with E-state index in [1.807, 2.05) is 17.9 Å². The number of nitrogens with one attached hydrogen (secondary N) is 1. The van der Waals surface area contributed by atoms with Gasteiger partial charge < -0.3 is 5.32 Å². The van der Waals surface area contributed by atoms with Gasteiger partial charge in [-0.25, -0.2) is 0 Å². The second-order valence-electron chi connectivity index (χ2n) is 3.80. The monoisotopic (exact) mass is 211 g/mol. The molecule has 2 rings (SSSR count). The molecule has 0 radical (unpaired) electrons. The van der Waals surface area contributed by atoms with Crippen LogP contribution >= 0.6 is 11.8 Å². The normalized spacial score (nSPS) is 16.9. The van der Waals surface area contributed by atoms with Gasteiger partial charge in [-0.1, -0.05) is 0 Å². The van der Waals surface area contributed by atoms with E-state index in [2.05, 4.69) is 28.2 Å². The van der Waals surface area contributed by atoms with E-state index in [1.165, 1.54) is 30.3 Å². The van der Waals surface area contributed by atoms with Gasteiger partial charge >= 0.3 is 0 Å². The topological polar surface area (TPSA) is 29.9 Å². The van der Waals surface area contributed by atoms with E-state index in [0.29, 0.717) is 0 Å². The lowest BCUT2D eigenvalue weighted by Gasteiger charge is -2.26. The Morgan fingerprint density at radius 2 is 2.50 bits per heavy atom. The highest BCUT2D eigenvalue weighted by molar-refractivity contribution is 7.99. The summed E-state index contributed by atoms with van der Waals surface area (Å²) in [6.07, 6.45) is 3.01. The predicted octanol–water partition coefficient (Wildman–Crippen LogP) is 0.915. The Morgan fingerprint density at radius 1 is 1.64 bits per heavy atom. The molecule has 0 saturated carbocycles. The van der Waals surface area contributed by atoms with E-state index < -0.39 is 0 Å². The van der Waals surface area contributed by atoms with Crippen molar-refractivity contribution in [2.24, 2.45) is 13.0 Å². The maximum atomic E-state index is 4.16. The lowest BCUT2D eigenvalue weighted by atomic mass is 10.1. The zero-order valence-electron chi connectivity index (χ0n) is 8.57. The molecule has 0 amide bonds. The molecule has 78 valence electrons. The van der Waals surface area contributed by atoms with Gasteiger partial charge in [-0.3, -0.25) is 4.68 Å². The zero-order chi connectivity index (χ0) is 9.80. The molecule has 1 aromatic rings. The number of rotatable bonds is 5. The fourth-order valence-electron chi connectivity index (χ4n) is 1.54. The summed E-state index contributed by atoms with van der Waals surface area (Å²) >= 11 is 2.06. The maximum Gasteiger partial charge on any atom is 0.0492 e. The van der Waals surface area contributed by atoms with Gasteiger partial charge in [0, 0.05) is 18.9 Å². The second kappa shape index (κ2) is 4.84. The number of thioether (sulfide) groups is 1. The third kappa shape index (κ3) is 2.51. The van der Waals surface area contributed by atoms with Gasteiger partial charge in [0.25, 0.3) is 0 Å². The molecule has 14 heavy (non-hydrogen) atoms. The number of nitrogens with zero attached hydrogens (tertiary/aromatic N) is 2. The van der Waals surface area contributed by atoms with Crippen LogP contribution in [-0.4, -0.2) is 34.4 Å². The summed E-state index contributed by atoms with van der Waals surface area (Å²) in [5, 5.41) is 7.45. The molecule has 2 heterocycles. The molecule has 0 unspecified atom stereocenters. The molecule has 1 N–H and O–H groups in total. The number of aromatic nitrogens is 2. The third-order valence-electron chi connectivity index (χ3n) is 2.64. The molecule has 1 fully saturated rings. The first-order valence-electron chi connectivity index (χ1n) is 5.11. The zero-order valence-corrected chi connectivity index (χ0v) is 9.39. The Kier molecular flexibility index (Phi) is 3.48. The van der Waals surface area contributed by atoms with Gasteiger partial charge in [-0.15, -0.1) is 0 Å². The molecule has 3 nitrogen and oxygen atoms in total. The highest BCUT2D eigenvalue weighted by atomic mass is 32.2.